The van der Waals surface area contributed by atoms with Gasteiger partial charge < -0.3 is 21.1 Å². The van der Waals surface area contributed by atoms with E-state index in [-0.39, 0.29) is 36.3 Å². The molecule has 0 aromatic heterocycles. The zero-order valence-electron chi connectivity index (χ0n) is 17.2. The fourth-order valence-corrected chi connectivity index (χ4v) is 4.50. The molecule has 4 N–H and O–H groups in total. The van der Waals surface area contributed by atoms with Crippen molar-refractivity contribution in [3.63, 3.8) is 0 Å². The second kappa shape index (κ2) is 11.4. The van der Waals surface area contributed by atoms with E-state index in [2.05, 4.69) is 22.0 Å². The van der Waals surface area contributed by atoms with Crippen molar-refractivity contribution in [2.75, 3.05) is 19.7 Å². The third kappa shape index (κ3) is 6.46. The highest BCUT2D eigenvalue weighted by molar-refractivity contribution is 5.88. The summed E-state index contributed by atoms with van der Waals surface area (Å²) in [5.41, 5.74) is 0. The number of carbonyl (C=O) groups excluding carboxylic acids is 2. The summed E-state index contributed by atoms with van der Waals surface area (Å²) in [5, 5.41) is 28.3. The van der Waals surface area contributed by atoms with Crippen molar-refractivity contribution in [2.24, 2.45) is 23.7 Å². The molecule has 28 heavy (non-hydrogen) atoms. The normalized spacial score (nSPS) is 25.5. The van der Waals surface area contributed by atoms with Gasteiger partial charge in [-0.3, -0.25) is 9.59 Å². The van der Waals surface area contributed by atoms with Gasteiger partial charge in [-0.15, -0.1) is 0 Å². The van der Waals surface area contributed by atoms with Crippen molar-refractivity contribution in [3.8, 4) is 6.07 Å². The van der Waals surface area contributed by atoms with E-state index in [0.29, 0.717) is 25.2 Å². The number of carbonyl (C=O) groups is 2. The van der Waals surface area contributed by atoms with Gasteiger partial charge in [-0.2, -0.15) is 5.26 Å². The molecule has 158 valence electrons. The summed E-state index contributed by atoms with van der Waals surface area (Å²) < 4.78 is 0. The van der Waals surface area contributed by atoms with Gasteiger partial charge in [0, 0.05) is 11.8 Å². The summed E-state index contributed by atoms with van der Waals surface area (Å²) >= 11 is 0. The number of hydrogen-bond acceptors (Lipinski definition) is 5. The average molecular weight is 393 g/mol. The van der Waals surface area contributed by atoms with Gasteiger partial charge in [0.05, 0.1) is 18.7 Å². The number of aliphatic hydroxyl groups excluding tert-OH is 1. The van der Waals surface area contributed by atoms with Gasteiger partial charge in [0.15, 0.2) is 0 Å². The Morgan fingerprint density at radius 3 is 2.14 bits per heavy atom. The van der Waals surface area contributed by atoms with Crippen LogP contribution in [0.2, 0.25) is 0 Å². The number of nitrogens with one attached hydrogen (secondary N) is 3. The molecular weight excluding hydrogens is 356 g/mol. The fraction of sp³-hybridized carbons (Fsp3) is 0.857. The fourth-order valence-electron chi connectivity index (χ4n) is 4.50. The molecule has 4 unspecified atom stereocenters. The van der Waals surface area contributed by atoms with Crippen LogP contribution >= 0.6 is 0 Å². The Labute approximate surface area is 168 Å². The van der Waals surface area contributed by atoms with Gasteiger partial charge in [-0.1, -0.05) is 26.7 Å². The zero-order chi connectivity index (χ0) is 20.5. The number of amides is 2. The zero-order valence-corrected chi connectivity index (χ0v) is 17.2. The van der Waals surface area contributed by atoms with Crippen LogP contribution < -0.4 is 16.0 Å². The standard InChI is InChI=1S/C21H36N4O3/c1-14(2)11-16(12-22)24-20(27)17-5-3-4-6-18(17)21(28)25-19(13-26)15-7-9-23-10-8-15/h14-19,23,26H,3-11,13H2,1-2H3,(H,24,27)(H,25,28). The number of piperidine rings is 1. The summed E-state index contributed by atoms with van der Waals surface area (Å²) in [5.74, 6) is -0.526. The van der Waals surface area contributed by atoms with Crippen molar-refractivity contribution in [1.29, 1.82) is 5.26 Å². The molecule has 1 saturated carbocycles. The molecule has 1 heterocycles. The third-order valence-electron chi connectivity index (χ3n) is 6.10. The Balaban J connectivity index is 1.99. The second-order valence-corrected chi connectivity index (χ2v) is 8.70. The van der Waals surface area contributed by atoms with Gasteiger partial charge >= 0.3 is 0 Å². The third-order valence-corrected chi connectivity index (χ3v) is 6.10. The molecule has 2 fully saturated rings. The largest absolute Gasteiger partial charge is 0.394 e. The van der Waals surface area contributed by atoms with E-state index in [4.69, 9.17) is 0 Å². The Kier molecular flexibility index (Phi) is 9.20. The monoisotopic (exact) mass is 392 g/mol. The molecule has 2 aliphatic rings. The van der Waals surface area contributed by atoms with E-state index in [1.807, 2.05) is 13.8 Å². The van der Waals surface area contributed by atoms with Crippen LogP contribution in [-0.2, 0) is 9.59 Å². The van der Waals surface area contributed by atoms with Gasteiger partial charge in [-0.05, 0) is 57.0 Å². The minimum absolute atomic E-state index is 0.0785. The van der Waals surface area contributed by atoms with E-state index < -0.39 is 12.0 Å². The minimum atomic E-state index is -0.516. The Hall–Kier alpha value is -1.65. The molecule has 0 aromatic carbocycles. The van der Waals surface area contributed by atoms with Crippen LogP contribution in [0.15, 0.2) is 0 Å². The molecule has 2 rings (SSSR count). The summed E-state index contributed by atoms with van der Waals surface area (Å²) in [6.07, 6.45) is 5.65. The van der Waals surface area contributed by atoms with Crippen molar-refractivity contribution in [1.82, 2.24) is 16.0 Å². The first-order valence-corrected chi connectivity index (χ1v) is 10.8. The van der Waals surface area contributed by atoms with E-state index in [9.17, 15) is 20.0 Å². The number of hydrogen-bond donors (Lipinski definition) is 4. The van der Waals surface area contributed by atoms with Gasteiger partial charge in [-0.25, -0.2) is 0 Å². The predicted molar refractivity (Wildman–Crippen MR) is 107 cm³/mol. The maximum atomic E-state index is 13.0. The molecule has 1 aliphatic carbocycles. The molecule has 7 heteroatoms. The summed E-state index contributed by atoms with van der Waals surface area (Å²) in [6.45, 7) is 5.75. The van der Waals surface area contributed by atoms with Gasteiger partial charge in [0.1, 0.15) is 6.04 Å². The number of aliphatic hydroxyl groups is 1. The number of rotatable bonds is 8. The number of nitrogens with zero attached hydrogens (tertiary/aromatic N) is 1. The second-order valence-electron chi connectivity index (χ2n) is 8.70. The summed E-state index contributed by atoms with van der Waals surface area (Å²) in [7, 11) is 0. The SMILES string of the molecule is CC(C)CC(C#N)NC(=O)C1CCCCC1C(=O)NC(CO)C1CCNCC1. The van der Waals surface area contributed by atoms with Gasteiger partial charge in [0.2, 0.25) is 11.8 Å². The molecule has 2 amide bonds. The Morgan fingerprint density at radius 2 is 1.64 bits per heavy atom. The van der Waals surface area contributed by atoms with E-state index in [1.165, 1.54) is 0 Å². The van der Waals surface area contributed by atoms with Crippen molar-refractivity contribution < 1.29 is 14.7 Å². The van der Waals surface area contributed by atoms with E-state index in [0.717, 1.165) is 38.8 Å². The van der Waals surface area contributed by atoms with E-state index >= 15 is 0 Å². The maximum absolute atomic E-state index is 13.0. The lowest BCUT2D eigenvalue weighted by Crippen LogP contribution is -2.51. The van der Waals surface area contributed by atoms with E-state index in [1.54, 1.807) is 0 Å². The maximum Gasteiger partial charge on any atom is 0.224 e. The lowest BCUT2D eigenvalue weighted by atomic mass is 9.77. The highest BCUT2D eigenvalue weighted by Gasteiger charge is 2.38. The van der Waals surface area contributed by atoms with Crippen molar-refractivity contribution in [3.05, 3.63) is 0 Å². The molecule has 1 aliphatic heterocycles. The average Bonchev–Trinajstić information content (AvgIpc) is 2.71. The molecule has 1 saturated heterocycles. The molecule has 7 nitrogen and oxygen atoms in total. The minimum Gasteiger partial charge on any atom is -0.394 e. The first kappa shape index (κ1) is 22.6. The van der Waals surface area contributed by atoms with Crippen LogP contribution in [0, 0.1) is 35.0 Å². The highest BCUT2D eigenvalue weighted by Crippen LogP contribution is 2.31. The predicted octanol–water partition coefficient (Wildman–Crippen LogP) is 1.32. The Morgan fingerprint density at radius 1 is 1.07 bits per heavy atom. The molecule has 0 radical (unpaired) electrons. The molecule has 0 spiro atoms. The Bertz CT molecular complexity index is 554. The van der Waals surface area contributed by atoms with Crippen molar-refractivity contribution >= 4 is 11.8 Å². The summed E-state index contributed by atoms with van der Waals surface area (Å²) in [6, 6.07) is 1.39. The van der Waals surface area contributed by atoms with Crippen LogP contribution in [0.25, 0.3) is 0 Å². The first-order valence-electron chi connectivity index (χ1n) is 10.8. The first-order chi connectivity index (χ1) is 13.5. The van der Waals surface area contributed by atoms with Crippen LogP contribution in [0.4, 0.5) is 0 Å². The quantitative estimate of drug-likeness (QED) is 0.497. The lowest BCUT2D eigenvalue weighted by Gasteiger charge is -2.34. The lowest BCUT2D eigenvalue weighted by molar-refractivity contribution is -0.137. The van der Waals surface area contributed by atoms with Crippen LogP contribution in [-0.4, -0.2) is 48.7 Å². The van der Waals surface area contributed by atoms with Crippen LogP contribution in [0.5, 0.6) is 0 Å². The molecule has 0 aromatic rings. The molecule has 0 bridgehead atoms. The topological polar surface area (TPSA) is 114 Å². The van der Waals surface area contributed by atoms with Gasteiger partial charge in [0.25, 0.3) is 0 Å². The summed E-state index contributed by atoms with van der Waals surface area (Å²) in [4.78, 5) is 25.8. The smallest absolute Gasteiger partial charge is 0.224 e. The van der Waals surface area contributed by atoms with Crippen LogP contribution in [0.1, 0.15) is 58.8 Å². The molecule has 4 atom stereocenters. The van der Waals surface area contributed by atoms with Crippen LogP contribution in [0.3, 0.4) is 0 Å². The number of nitriles is 1. The molecular formula is C21H36N4O3. The highest BCUT2D eigenvalue weighted by atomic mass is 16.3. The van der Waals surface area contributed by atoms with Crippen molar-refractivity contribution in [2.45, 2.75) is 70.9 Å².